The second-order valence-electron chi connectivity index (χ2n) is 4.17. The summed E-state index contributed by atoms with van der Waals surface area (Å²) in [5.74, 6) is -0.497. The van der Waals surface area contributed by atoms with Gasteiger partial charge in [0.15, 0.2) is 0 Å². The van der Waals surface area contributed by atoms with Crippen LogP contribution in [-0.4, -0.2) is 19.0 Å². The van der Waals surface area contributed by atoms with Crippen LogP contribution in [0.2, 0.25) is 0 Å². The van der Waals surface area contributed by atoms with E-state index in [0.717, 1.165) is 11.3 Å². The monoisotopic (exact) mass is 235 g/mol. The molecule has 0 aliphatic rings. The van der Waals surface area contributed by atoms with Crippen LogP contribution in [0.5, 0.6) is 0 Å². The first kappa shape index (κ1) is 13.2. The number of esters is 1. The van der Waals surface area contributed by atoms with Crippen LogP contribution in [0, 0.1) is 12.8 Å². The van der Waals surface area contributed by atoms with Crippen molar-refractivity contribution in [1.82, 2.24) is 0 Å². The highest BCUT2D eigenvalue weighted by molar-refractivity contribution is 5.94. The van der Waals surface area contributed by atoms with Gasteiger partial charge in [0.25, 0.3) is 0 Å². The summed E-state index contributed by atoms with van der Waals surface area (Å²) >= 11 is 0. The minimum Gasteiger partial charge on any atom is -0.465 e. The zero-order chi connectivity index (χ0) is 13.0. The van der Waals surface area contributed by atoms with E-state index in [4.69, 9.17) is 0 Å². The standard InChI is InChI=1S/C13H17NO3/c1-8(2)12(15)14-11-6-5-10(7-9(11)3)13(16)17-4/h5-8H,1-4H3,(H,14,15). The Morgan fingerprint density at radius 1 is 1.29 bits per heavy atom. The first-order valence-electron chi connectivity index (χ1n) is 5.45. The molecule has 1 rings (SSSR count). The van der Waals surface area contributed by atoms with E-state index in [1.54, 1.807) is 18.2 Å². The summed E-state index contributed by atoms with van der Waals surface area (Å²) in [7, 11) is 1.34. The van der Waals surface area contributed by atoms with Crippen LogP contribution in [-0.2, 0) is 9.53 Å². The fourth-order valence-corrected chi connectivity index (χ4v) is 1.33. The number of aryl methyl sites for hydroxylation is 1. The summed E-state index contributed by atoms with van der Waals surface area (Å²) in [6.45, 7) is 5.49. The topological polar surface area (TPSA) is 55.4 Å². The number of carbonyl (C=O) groups is 2. The van der Waals surface area contributed by atoms with Gasteiger partial charge in [0.2, 0.25) is 5.91 Å². The highest BCUT2D eigenvalue weighted by atomic mass is 16.5. The number of anilines is 1. The molecule has 0 saturated heterocycles. The molecule has 17 heavy (non-hydrogen) atoms. The molecule has 0 bridgehead atoms. The molecule has 0 atom stereocenters. The van der Waals surface area contributed by atoms with Gasteiger partial charge in [0.05, 0.1) is 12.7 Å². The molecular weight excluding hydrogens is 218 g/mol. The van der Waals surface area contributed by atoms with Crippen LogP contribution in [0.1, 0.15) is 29.8 Å². The number of hydrogen-bond donors (Lipinski definition) is 1. The number of carbonyl (C=O) groups excluding carboxylic acids is 2. The van der Waals surface area contributed by atoms with Gasteiger partial charge in [-0.2, -0.15) is 0 Å². The second kappa shape index (κ2) is 5.48. The summed E-state index contributed by atoms with van der Waals surface area (Å²) in [4.78, 5) is 22.8. The van der Waals surface area contributed by atoms with E-state index >= 15 is 0 Å². The maximum Gasteiger partial charge on any atom is 0.337 e. The Kier molecular flexibility index (Phi) is 4.26. The number of rotatable bonds is 3. The predicted octanol–water partition coefficient (Wildman–Crippen LogP) is 2.38. The largest absolute Gasteiger partial charge is 0.465 e. The molecule has 0 saturated carbocycles. The number of nitrogens with one attached hydrogen (secondary N) is 1. The van der Waals surface area contributed by atoms with Crippen LogP contribution in [0.15, 0.2) is 18.2 Å². The Hall–Kier alpha value is -1.84. The minimum atomic E-state index is -0.380. The average molecular weight is 235 g/mol. The van der Waals surface area contributed by atoms with Crippen molar-refractivity contribution in [3.05, 3.63) is 29.3 Å². The van der Waals surface area contributed by atoms with Gasteiger partial charge in [-0.25, -0.2) is 4.79 Å². The van der Waals surface area contributed by atoms with E-state index in [1.165, 1.54) is 7.11 Å². The zero-order valence-corrected chi connectivity index (χ0v) is 10.5. The summed E-state index contributed by atoms with van der Waals surface area (Å²) < 4.78 is 4.62. The van der Waals surface area contributed by atoms with Gasteiger partial charge < -0.3 is 10.1 Å². The third-order valence-electron chi connectivity index (χ3n) is 2.43. The van der Waals surface area contributed by atoms with Crippen molar-refractivity contribution in [3.63, 3.8) is 0 Å². The molecule has 0 fully saturated rings. The second-order valence-corrected chi connectivity index (χ2v) is 4.17. The maximum absolute atomic E-state index is 11.5. The third-order valence-corrected chi connectivity index (χ3v) is 2.43. The Bertz CT molecular complexity index is 438. The predicted molar refractivity (Wildman–Crippen MR) is 66.0 cm³/mol. The normalized spacial score (nSPS) is 10.2. The van der Waals surface area contributed by atoms with Crippen molar-refractivity contribution in [2.75, 3.05) is 12.4 Å². The molecule has 1 N–H and O–H groups in total. The highest BCUT2D eigenvalue weighted by Gasteiger charge is 2.11. The first-order valence-corrected chi connectivity index (χ1v) is 5.45. The molecule has 92 valence electrons. The first-order chi connectivity index (χ1) is 7.95. The molecule has 0 aliphatic heterocycles. The molecule has 1 aromatic rings. The molecule has 0 heterocycles. The number of benzene rings is 1. The van der Waals surface area contributed by atoms with Crippen molar-refractivity contribution in [1.29, 1.82) is 0 Å². The lowest BCUT2D eigenvalue weighted by molar-refractivity contribution is -0.118. The zero-order valence-electron chi connectivity index (χ0n) is 10.5. The smallest absolute Gasteiger partial charge is 0.337 e. The summed E-state index contributed by atoms with van der Waals surface area (Å²) in [5, 5.41) is 2.80. The lowest BCUT2D eigenvalue weighted by Gasteiger charge is -2.11. The lowest BCUT2D eigenvalue weighted by Crippen LogP contribution is -2.18. The van der Waals surface area contributed by atoms with E-state index in [9.17, 15) is 9.59 Å². The Morgan fingerprint density at radius 3 is 2.41 bits per heavy atom. The van der Waals surface area contributed by atoms with Gasteiger partial charge in [-0.05, 0) is 30.7 Å². The van der Waals surface area contributed by atoms with Crippen molar-refractivity contribution in [2.45, 2.75) is 20.8 Å². The Morgan fingerprint density at radius 2 is 1.94 bits per heavy atom. The van der Waals surface area contributed by atoms with E-state index < -0.39 is 0 Å². The van der Waals surface area contributed by atoms with Crippen LogP contribution in [0.4, 0.5) is 5.69 Å². The van der Waals surface area contributed by atoms with Gasteiger partial charge in [-0.15, -0.1) is 0 Å². The average Bonchev–Trinajstić information content (AvgIpc) is 2.30. The minimum absolute atomic E-state index is 0.0427. The van der Waals surface area contributed by atoms with Gasteiger partial charge in [0.1, 0.15) is 0 Å². The fourth-order valence-electron chi connectivity index (χ4n) is 1.33. The molecule has 0 radical (unpaired) electrons. The molecule has 4 nitrogen and oxygen atoms in total. The van der Waals surface area contributed by atoms with Gasteiger partial charge in [-0.1, -0.05) is 13.8 Å². The summed E-state index contributed by atoms with van der Waals surface area (Å²) in [6.07, 6.45) is 0. The number of methoxy groups -OCH3 is 1. The SMILES string of the molecule is COC(=O)c1ccc(NC(=O)C(C)C)c(C)c1. The van der Waals surface area contributed by atoms with Gasteiger partial charge in [-0.3, -0.25) is 4.79 Å². The lowest BCUT2D eigenvalue weighted by atomic mass is 10.1. The molecule has 1 amide bonds. The molecular formula is C13H17NO3. The van der Waals surface area contributed by atoms with E-state index in [2.05, 4.69) is 10.1 Å². The van der Waals surface area contributed by atoms with Gasteiger partial charge >= 0.3 is 5.97 Å². The van der Waals surface area contributed by atoms with Crippen LogP contribution >= 0.6 is 0 Å². The Labute approximate surface area is 101 Å². The summed E-state index contributed by atoms with van der Waals surface area (Å²) in [6, 6.07) is 5.04. The van der Waals surface area contributed by atoms with E-state index in [1.807, 2.05) is 20.8 Å². The van der Waals surface area contributed by atoms with Crippen molar-refractivity contribution < 1.29 is 14.3 Å². The summed E-state index contributed by atoms with van der Waals surface area (Å²) in [5.41, 5.74) is 2.03. The van der Waals surface area contributed by atoms with Crippen LogP contribution in [0.25, 0.3) is 0 Å². The van der Waals surface area contributed by atoms with Crippen molar-refractivity contribution >= 4 is 17.6 Å². The number of amides is 1. The highest BCUT2D eigenvalue weighted by Crippen LogP contribution is 2.17. The molecule has 0 aliphatic carbocycles. The quantitative estimate of drug-likeness (QED) is 0.818. The molecule has 4 heteroatoms. The molecule has 0 spiro atoms. The van der Waals surface area contributed by atoms with Crippen LogP contribution in [0.3, 0.4) is 0 Å². The fraction of sp³-hybridized carbons (Fsp3) is 0.385. The van der Waals surface area contributed by atoms with Gasteiger partial charge in [0, 0.05) is 11.6 Å². The van der Waals surface area contributed by atoms with Crippen LogP contribution < -0.4 is 5.32 Å². The third kappa shape index (κ3) is 3.31. The Balaban J connectivity index is 2.90. The molecule has 0 unspecified atom stereocenters. The van der Waals surface area contributed by atoms with E-state index in [0.29, 0.717) is 5.56 Å². The van der Waals surface area contributed by atoms with Crippen molar-refractivity contribution in [2.24, 2.45) is 5.92 Å². The number of ether oxygens (including phenoxy) is 1. The molecule has 1 aromatic carbocycles. The van der Waals surface area contributed by atoms with Crippen molar-refractivity contribution in [3.8, 4) is 0 Å². The number of hydrogen-bond acceptors (Lipinski definition) is 3. The maximum atomic E-state index is 11.5. The molecule has 0 aromatic heterocycles. The van der Waals surface area contributed by atoms with E-state index in [-0.39, 0.29) is 17.8 Å².